The molecule has 0 aliphatic carbocycles. The lowest BCUT2D eigenvalue weighted by Crippen LogP contribution is -2.02. The third-order valence-corrected chi connectivity index (χ3v) is 1.77. The predicted molar refractivity (Wildman–Crippen MR) is 40.3 cm³/mol. The quantitative estimate of drug-likeness (QED) is 0.443. The first-order valence-electron chi connectivity index (χ1n) is 2.98. The molecule has 1 aromatic rings. The first-order chi connectivity index (χ1) is 4.81. The van der Waals surface area contributed by atoms with Gasteiger partial charge in [0.25, 0.3) is 0 Å². The monoisotopic (exact) mass is 152 g/mol. The van der Waals surface area contributed by atoms with Gasteiger partial charge in [-0.2, -0.15) is 0 Å². The minimum Gasteiger partial charge on any atom is -0.258 e. The van der Waals surface area contributed by atoms with E-state index in [4.69, 9.17) is 11.6 Å². The molecule has 1 atom stereocenters. The Morgan fingerprint density at radius 3 is 2.70 bits per heavy atom. The Balaban J connectivity index is 2.36. The van der Waals surface area contributed by atoms with Crippen molar-refractivity contribution in [2.24, 2.45) is 4.99 Å². The van der Waals surface area contributed by atoms with E-state index in [-0.39, 0.29) is 0 Å². The summed E-state index contributed by atoms with van der Waals surface area (Å²) in [6.07, 6.45) is 3.39. The number of alkyl halides is 1. The standard InChI is InChI=1S/C7H5ClN2/c8-7(5-10-7)6-3-1-2-4-9-6/h1-5H. The molecule has 2 nitrogen and oxygen atoms in total. The highest BCUT2D eigenvalue weighted by atomic mass is 35.5. The topological polar surface area (TPSA) is 25.2 Å². The molecule has 0 saturated heterocycles. The van der Waals surface area contributed by atoms with Gasteiger partial charge in [-0.15, -0.1) is 0 Å². The molecule has 0 spiro atoms. The van der Waals surface area contributed by atoms with Crippen LogP contribution < -0.4 is 0 Å². The van der Waals surface area contributed by atoms with Crippen LogP contribution in [0.4, 0.5) is 0 Å². The molecule has 1 aromatic heterocycles. The number of hydrogen-bond donors (Lipinski definition) is 0. The van der Waals surface area contributed by atoms with Crippen molar-refractivity contribution in [3.05, 3.63) is 30.1 Å². The molecule has 2 heterocycles. The van der Waals surface area contributed by atoms with E-state index in [9.17, 15) is 0 Å². The summed E-state index contributed by atoms with van der Waals surface area (Å²) in [5.41, 5.74) is 0.802. The minimum absolute atomic E-state index is 0.596. The maximum atomic E-state index is 5.88. The molecule has 0 saturated carbocycles. The van der Waals surface area contributed by atoms with Gasteiger partial charge in [0.15, 0.2) is 0 Å². The molecule has 0 amide bonds. The molecule has 1 aliphatic heterocycles. The molecule has 50 valence electrons. The van der Waals surface area contributed by atoms with Gasteiger partial charge in [-0.3, -0.25) is 9.98 Å². The molecule has 0 aromatic carbocycles. The average Bonchev–Trinajstić information content (AvgIpc) is 2.72. The van der Waals surface area contributed by atoms with E-state index in [1.807, 2.05) is 18.2 Å². The molecule has 0 radical (unpaired) electrons. The zero-order chi connectivity index (χ0) is 7.03. The summed E-state index contributed by atoms with van der Waals surface area (Å²) in [6.45, 7) is 0. The van der Waals surface area contributed by atoms with Crippen LogP contribution in [0.25, 0.3) is 0 Å². The lowest BCUT2D eigenvalue weighted by Gasteiger charge is -2.00. The summed E-state index contributed by atoms with van der Waals surface area (Å²) in [4.78, 5) is 7.34. The van der Waals surface area contributed by atoms with Crippen molar-refractivity contribution in [3.8, 4) is 0 Å². The summed E-state index contributed by atoms with van der Waals surface area (Å²) in [7, 11) is 0. The Labute approximate surface area is 63.6 Å². The van der Waals surface area contributed by atoms with Crippen LogP contribution in [0.5, 0.6) is 0 Å². The molecule has 10 heavy (non-hydrogen) atoms. The highest BCUT2D eigenvalue weighted by Gasteiger charge is 2.37. The lowest BCUT2D eigenvalue weighted by atomic mass is 10.3. The Hall–Kier alpha value is -0.890. The molecular formula is C7H5ClN2. The van der Waals surface area contributed by atoms with E-state index in [2.05, 4.69) is 9.98 Å². The largest absolute Gasteiger partial charge is 0.258 e. The van der Waals surface area contributed by atoms with Gasteiger partial charge in [-0.05, 0) is 12.1 Å². The lowest BCUT2D eigenvalue weighted by molar-refractivity contribution is 0.952. The van der Waals surface area contributed by atoms with Gasteiger partial charge in [0.2, 0.25) is 5.00 Å². The van der Waals surface area contributed by atoms with Crippen LogP contribution in [0.1, 0.15) is 5.69 Å². The number of aromatic nitrogens is 1. The second kappa shape index (κ2) is 1.80. The van der Waals surface area contributed by atoms with Crippen molar-refractivity contribution in [1.29, 1.82) is 0 Å². The van der Waals surface area contributed by atoms with E-state index in [0.29, 0.717) is 0 Å². The molecular weight excluding hydrogens is 148 g/mol. The van der Waals surface area contributed by atoms with Crippen LogP contribution in [0.3, 0.4) is 0 Å². The molecule has 0 bridgehead atoms. The third kappa shape index (κ3) is 0.809. The summed E-state index contributed by atoms with van der Waals surface area (Å²) >= 11 is 5.88. The van der Waals surface area contributed by atoms with Gasteiger partial charge < -0.3 is 0 Å². The van der Waals surface area contributed by atoms with Crippen LogP contribution in [-0.4, -0.2) is 11.2 Å². The summed E-state index contributed by atoms with van der Waals surface area (Å²) in [5, 5.41) is 0. The molecule has 0 fully saturated rings. The Kier molecular flexibility index (Phi) is 1.05. The molecule has 3 heteroatoms. The predicted octanol–water partition coefficient (Wildman–Crippen LogP) is 1.56. The molecule has 2 rings (SSSR count). The fourth-order valence-corrected chi connectivity index (χ4v) is 0.920. The van der Waals surface area contributed by atoms with E-state index in [0.717, 1.165) is 5.69 Å². The van der Waals surface area contributed by atoms with Crippen LogP contribution in [0.15, 0.2) is 29.4 Å². The maximum Gasteiger partial charge on any atom is 0.210 e. The summed E-state index contributed by atoms with van der Waals surface area (Å²) in [6, 6.07) is 5.61. The smallest absolute Gasteiger partial charge is 0.210 e. The Morgan fingerprint density at radius 2 is 2.20 bits per heavy atom. The first kappa shape index (κ1) is 5.86. The fraction of sp³-hybridized carbons (Fsp3) is 0.143. The highest BCUT2D eigenvalue weighted by Crippen LogP contribution is 2.35. The van der Waals surface area contributed by atoms with Gasteiger partial charge in [-0.1, -0.05) is 17.7 Å². The Morgan fingerprint density at radius 1 is 1.40 bits per heavy atom. The van der Waals surface area contributed by atoms with Crippen molar-refractivity contribution in [2.45, 2.75) is 5.00 Å². The van der Waals surface area contributed by atoms with E-state index >= 15 is 0 Å². The van der Waals surface area contributed by atoms with Crippen molar-refractivity contribution in [3.63, 3.8) is 0 Å². The molecule has 1 unspecified atom stereocenters. The van der Waals surface area contributed by atoms with Gasteiger partial charge >= 0.3 is 0 Å². The van der Waals surface area contributed by atoms with Crippen LogP contribution in [0, 0.1) is 0 Å². The number of rotatable bonds is 1. The van der Waals surface area contributed by atoms with Crippen molar-refractivity contribution >= 4 is 17.8 Å². The summed E-state index contributed by atoms with van der Waals surface area (Å²) < 4.78 is 0. The summed E-state index contributed by atoms with van der Waals surface area (Å²) in [5.74, 6) is 0. The number of hydrogen-bond acceptors (Lipinski definition) is 2. The maximum absolute atomic E-state index is 5.88. The molecule has 1 aliphatic rings. The van der Waals surface area contributed by atoms with Crippen molar-refractivity contribution in [1.82, 2.24) is 4.98 Å². The van der Waals surface area contributed by atoms with Crippen molar-refractivity contribution < 1.29 is 0 Å². The minimum atomic E-state index is -0.596. The zero-order valence-corrected chi connectivity index (χ0v) is 5.92. The Bertz CT molecular complexity index is 262. The number of nitrogens with zero attached hydrogens (tertiary/aromatic N) is 2. The van der Waals surface area contributed by atoms with Crippen LogP contribution in [-0.2, 0) is 5.00 Å². The van der Waals surface area contributed by atoms with Crippen LogP contribution in [0.2, 0.25) is 0 Å². The van der Waals surface area contributed by atoms with Crippen molar-refractivity contribution in [2.75, 3.05) is 0 Å². The van der Waals surface area contributed by atoms with Gasteiger partial charge in [0.1, 0.15) is 0 Å². The highest BCUT2D eigenvalue weighted by molar-refractivity contribution is 6.36. The second-order valence-corrected chi connectivity index (χ2v) is 2.72. The fourth-order valence-electron chi connectivity index (χ4n) is 0.759. The van der Waals surface area contributed by atoms with E-state index in [1.165, 1.54) is 0 Å². The third-order valence-electron chi connectivity index (χ3n) is 1.38. The number of halogens is 1. The normalized spacial score (nSPS) is 28.5. The van der Waals surface area contributed by atoms with Gasteiger partial charge in [-0.25, -0.2) is 0 Å². The van der Waals surface area contributed by atoms with Gasteiger partial charge in [0.05, 0.1) is 11.9 Å². The first-order valence-corrected chi connectivity index (χ1v) is 3.36. The average molecular weight is 153 g/mol. The van der Waals surface area contributed by atoms with Crippen LogP contribution >= 0.6 is 11.6 Å². The van der Waals surface area contributed by atoms with E-state index < -0.39 is 5.00 Å². The molecule has 0 N–H and O–H groups in total. The van der Waals surface area contributed by atoms with Gasteiger partial charge in [0, 0.05) is 6.20 Å². The number of pyridine rings is 1. The van der Waals surface area contributed by atoms with E-state index in [1.54, 1.807) is 12.4 Å². The second-order valence-electron chi connectivity index (χ2n) is 2.15. The zero-order valence-electron chi connectivity index (χ0n) is 5.16. The SMILES string of the molecule is ClC1(c2ccccn2)C=N1. The number of aliphatic imine (C=N–C) groups is 1.